The first-order valence-corrected chi connectivity index (χ1v) is 6.35. The third-order valence-electron chi connectivity index (χ3n) is 3.62. The van der Waals surface area contributed by atoms with Crippen molar-refractivity contribution in [3.8, 4) is 0 Å². The van der Waals surface area contributed by atoms with Crippen molar-refractivity contribution in [2.24, 2.45) is 0 Å². The van der Waals surface area contributed by atoms with Crippen LogP contribution in [0.4, 0.5) is 0 Å². The molecule has 0 atom stereocenters. The van der Waals surface area contributed by atoms with Gasteiger partial charge in [0.15, 0.2) is 5.58 Å². The van der Waals surface area contributed by atoms with Crippen molar-refractivity contribution < 1.29 is 9.52 Å². The fraction of sp³-hybridized carbons (Fsp3) is 0.0625. The predicted octanol–water partition coefficient (Wildman–Crippen LogP) is 2.92. The molecule has 0 saturated heterocycles. The van der Waals surface area contributed by atoms with Gasteiger partial charge in [0.1, 0.15) is 5.58 Å². The van der Waals surface area contributed by atoms with E-state index in [4.69, 9.17) is 4.42 Å². The number of nitrogens with one attached hydrogen (secondary N) is 1. The number of hydrogen-bond acceptors (Lipinski definition) is 3. The second kappa shape index (κ2) is 3.95. The summed E-state index contributed by atoms with van der Waals surface area (Å²) in [6, 6.07) is 12.9. The predicted molar refractivity (Wildman–Crippen MR) is 77.8 cm³/mol. The lowest BCUT2D eigenvalue weighted by Crippen LogP contribution is -2.05. The SMILES string of the molecule is O=c1[nH]c2c3cccc(CO)c3oc2c2ccccc12. The fourth-order valence-corrected chi connectivity index (χ4v) is 2.68. The van der Waals surface area contributed by atoms with E-state index in [1.54, 1.807) is 6.07 Å². The molecule has 0 radical (unpaired) electrons. The summed E-state index contributed by atoms with van der Waals surface area (Å²) in [5, 5.41) is 11.6. The van der Waals surface area contributed by atoms with Crippen molar-refractivity contribution >= 4 is 32.8 Å². The van der Waals surface area contributed by atoms with E-state index in [1.807, 2.05) is 36.4 Å². The van der Waals surface area contributed by atoms with Crippen LogP contribution in [0.25, 0.3) is 32.8 Å². The average Bonchev–Trinajstić information content (AvgIpc) is 2.86. The second-order valence-electron chi connectivity index (χ2n) is 4.76. The Morgan fingerprint density at radius 2 is 1.70 bits per heavy atom. The van der Waals surface area contributed by atoms with E-state index in [9.17, 15) is 9.90 Å². The van der Waals surface area contributed by atoms with Gasteiger partial charge < -0.3 is 14.5 Å². The Morgan fingerprint density at radius 1 is 0.950 bits per heavy atom. The molecule has 0 unspecified atom stereocenters. The van der Waals surface area contributed by atoms with Crippen LogP contribution >= 0.6 is 0 Å². The minimum atomic E-state index is -0.134. The van der Waals surface area contributed by atoms with Crippen LogP contribution in [0.1, 0.15) is 5.56 Å². The molecule has 0 aliphatic rings. The van der Waals surface area contributed by atoms with Crippen molar-refractivity contribution in [2.75, 3.05) is 0 Å². The Balaban J connectivity index is 2.33. The van der Waals surface area contributed by atoms with Gasteiger partial charge in [0, 0.05) is 16.3 Å². The molecule has 0 aliphatic carbocycles. The summed E-state index contributed by atoms with van der Waals surface area (Å²) >= 11 is 0. The Bertz CT molecular complexity index is 1010. The quantitative estimate of drug-likeness (QED) is 0.556. The number of aliphatic hydroxyl groups is 1. The van der Waals surface area contributed by atoms with Crippen LogP contribution < -0.4 is 5.56 Å². The molecule has 0 amide bonds. The van der Waals surface area contributed by atoms with Gasteiger partial charge in [-0.25, -0.2) is 0 Å². The number of aliphatic hydroxyl groups excluding tert-OH is 1. The molecule has 0 spiro atoms. The van der Waals surface area contributed by atoms with Crippen molar-refractivity contribution in [3.05, 3.63) is 58.4 Å². The fourth-order valence-electron chi connectivity index (χ4n) is 2.68. The third kappa shape index (κ3) is 1.37. The van der Waals surface area contributed by atoms with Gasteiger partial charge in [0.25, 0.3) is 5.56 Å². The summed E-state index contributed by atoms with van der Waals surface area (Å²) in [6.07, 6.45) is 0. The molecule has 4 rings (SSSR count). The first kappa shape index (κ1) is 11.3. The van der Waals surface area contributed by atoms with Crippen LogP contribution in [-0.2, 0) is 6.61 Å². The van der Waals surface area contributed by atoms with Crippen molar-refractivity contribution in [2.45, 2.75) is 6.61 Å². The van der Waals surface area contributed by atoms with Crippen LogP contribution in [0.3, 0.4) is 0 Å². The number of H-pyrrole nitrogens is 1. The smallest absolute Gasteiger partial charge is 0.256 e. The maximum absolute atomic E-state index is 12.1. The third-order valence-corrected chi connectivity index (χ3v) is 3.62. The molecule has 2 aromatic heterocycles. The highest BCUT2D eigenvalue weighted by atomic mass is 16.3. The number of para-hydroxylation sites is 1. The zero-order valence-electron chi connectivity index (χ0n) is 10.5. The number of rotatable bonds is 1. The molecule has 2 aromatic carbocycles. The zero-order valence-corrected chi connectivity index (χ0v) is 10.5. The van der Waals surface area contributed by atoms with E-state index in [0.717, 1.165) is 10.8 Å². The van der Waals surface area contributed by atoms with Gasteiger partial charge >= 0.3 is 0 Å². The number of hydrogen-bond donors (Lipinski definition) is 2. The minimum absolute atomic E-state index is 0.0979. The summed E-state index contributed by atoms with van der Waals surface area (Å²) < 4.78 is 5.91. The molecule has 4 heteroatoms. The van der Waals surface area contributed by atoms with E-state index in [-0.39, 0.29) is 12.2 Å². The summed E-state index contributed by atoms with van der Waals surface area (Å²) in [5.41, 5.74) is 2.53. The highest BCUT2D eigenvalue weighted by Gasteiger charge is 2.14. The Labute approximate surface area is 113 Å². The lowest BCUT2D eigenvalue weighted by molar-refractivity contribution is 0.282. The number of benzene rings is 2. The number of aromatic nitrogens is 1. The minimum Gasteiger partial charge on any atom is -0.453 e. The number of furan rings is 1. The summed E-state index contributed by atoms with van der Waals surface area (Å²) in [6.45, 7) is -0.0979. The average molecular weight is 265 g/mol. The summed E-state index contributed by atoms with van der Waals surface area (Å²) in [5.74, 6) is 0. The molecule has 4 aromatic rings. The lowest BCUT2D eigenvalue weighted by Gasteiger charge is -1.96. The van der Waals surface area contributed by atoms with Gasteiger partial charge in [-0.1, -0.05) is 30.3 Å². The monoisotopic (exact) mass is 265 g/mol. The van der Waals surface area contributed by atoms with Gasteiger partial charge in [-0.05, 0) is 12.1 Å². The Kier molecular flexibility index (Phi) is 2.22. The molecule has 0 saturated carbocycles. The molecule has 0 fully saturated rings. The van der Waals surface area contributed by atoms with Gasteiger partial charge in [-0.3, -0.25) is 4.79 Å². The normalized spacial score (nSPS) is 11.7. The molecular weight excluding hydrogens is 254 g/mol. The number of aromatic amines is 1. The highest BCUT2D eigenvalue weighted by Crippen LogP contribution is 2.32. The van der Waals surface area contributed by atoms with Gasteiger partial charge in [-0.15, -0.1) is 0 Å². The van der Waals surface area contributed by atoms with Crippen LogP contribution in [0.5, 0.6) is 0 Å². The van der Waals surface area contributed by atoms with Gasteiger partial charge in [0.05, 0.1) is 17.5 Å². The van der Waals surface area contributed by atoms with E-state index < -0.39 is 0 Å². The Hall–Kier alpha value is -2.59. The first-order chi connectivity index (χ1) is 9.79. The lowest BCUT2D eigenvalue weighted by atomic mass is 10.1. The topological polar surface area (TPSA) is 66.2 Å². The molecule has 4 nitrogen and oxygen atoms in total. The van der Waals surface area contributed by atoms with E-state index >= 15 is 0 Å². The molecule has 20 heavy (non-hydrogen) atoms. The van der Waals surface area contributed by atoms with E-state index in [2.05, 4.69) is 4.98 Å². The molecule has 2 heterocycles. The maximum Gasteiger partial charge on any atom is 0.256 e. The summed E-state index contributed by atoms with van der Waals surface area (Å²) in [4.78, 5) is 15.0. The first-order valence-electron chi connectivity index (χ1n) is 6.35. The van der Waals surface area contributed by atoms with Crippen molar-refractivity contribution in [1.29, 1.82) is 0 Å². The molecule has 0 bridgehead atoms. The van der Waals surface area contributed by atoms with Gasteiger partial charge in [-0.2, -0.15) is 0 Å². The van der Waals surface area contributed by atoms with Crippen molar-refractivity contribution in [1.82, 2.24) is 4.98 Å². The second-order valence-corrected chi connectivity index (χ2v) is 4.76. The standard InChI is InChI=1S/C16H11NO3/c18-8-9-4-3-7-12-13-15(20-14(9)12)10-5-1-2-6-11(10)16(19)17-13/h1-7,18H,8H2,(H,17,19). The Morgan fingerprint density at radius 3 is 2.50 bits per heavy atom. The van der Waals surface area contributed by atoms with Crippen LogP contribution in [0.2, 0.25) is 0 Å². The maximum atomic E-state index is 12.1. The van der Waals surface area contributed by atoms with Crippen LogP contribution in [0.15, 0.2) is 51.7 Å². The highest BCUT2D eigenvalue weighted by molar-refractivity contribution is 6.12. The molecule has 2 N–H and O–H groups in total. The molecule has 0 aliphatic heterocycles. The van der Waals surface area contributed by atoms with Crippen LogP contribution in [0, 0.1) is 0 Å². The molecular formula is C16H11NO3. The molecule has 98 valence electrons. The zero-order chi connectivity index (χ0) is 13.7. The number of pyridine rings is 1. The van der Waals surface area contributed by atoms with Crippen molar-refractivity contribution in [3.63, 3.8) is 0 Å². The van der Waals surface area contributed by atoms with E-state index in [0.29, 0.717) is 27.6 Å². The van der Waals surface area contributed by atoms with Gasteiger partial charge in [0.2, 0.25) is 0 Å². The summed E-state index contributed by atoms with van der Waals surface area (Å²) in [7, 11) is 0. The van der Waals surface area contributed by atoms with Crippen LogP contribution in [-0.4, -0.2) is 10.1 Å². The largest absolute Gasteiger partial charge is 0.453 e. The van der Waals surface area contributed by atoms with E-state index in [1.165, 1.54) is 0 Å². The number of fused-ring (bicyclic) bond motifs is 5.